The molecule has 1 aromatic heterocycles. The fourth-order valence-corrected chi connectivity index (χ4v) is 3.97. The molecule has 1 aliphatic heterocycles. The van der Waals surface area contributed by atoms with Crippen molar-refractivity contribution in [1.82, 2.24) is 10.3 Å². The normalized spacial score (nSPS) is 17.4. The zero-order chi connectivity index (χ0) is 26.5. The molecule has 0 aliphatic carbocycles. The predicted molar refractivity (Wildman–Crippen MR) is 127 cm³/mol. The first-order valence-electron chi connectivity index (χ1n) is 11.4. The van der Waals surface area contributed by atoms with Gasteiger partial charge in [-0.3, -0.25) is 14.6 Å². The number of nitrogens with one attached hydrogen (secondary N) is 2. The van der Waals surface area contributed by atoms with Crippen LogP contribution in [0.5, 0.6) is 0 Å². The SMILES string of the molecule is CC(C)(C#N)CNC(=O)C1C(=O)c2ncc(Cc3ccc(F)cc3)c(NCCF)c2N(CCF)C1O. The van der Waals surface area contributed by atoms with Crippen molar-refractivity contribution in [2.45, 2.75) is 26.5 Å². The number of carbonyl (C=O) groups excluding carboxylic acids is 2. The summed E-state index contributed by atoms with van der Waals surface area (Å²) in [5, 5.41) is 25.6. The molecular formula is C25H28F3N5O3. The van der Waals surface area contributed by atoms with Gasteiger partial charge in [-0.25, -0.2) is 13.2 Å². The molecule has 1 amide bonds. The maximum absolute atomic E-state index is 13.6. The van der Waals surface area contributed by atoms with E-state index in [2.05, 4.69) is 15.6 Å². The van der Waals surface area contributed by atoms with Crippen LogP contribution >= 0.6 is 0 Å². The summed E-state index contributed by atoms with van der Waals surface area (Å²) in [4.78, 5) is 31.6. The van der Waals surface area contributed by atoms with Gasteiger partial charge in [0.2, 0.25) is 5.91 Å². The zero-order valence-electron chi connectivity index (χ0n) is 20.0. The Bertz CT molecular complexity index is 1150. The van der Waals surface area contributed by atoms with Gasteiger partial charge in [-0.2, -0.15) is 5.26 Å². The molecule has 192 valence electrons. The number of ketones is 1. The Labute approximate surface area is 207 Å². The zero-order valence-corrected chi connectivity index (χ0v) is 20.0. The van der Waals surface area contributed by atoms with Gasteiger partial charge in [0.25, 0.3) is 0 Å². The van der Waals surface area contributed by atoms with Crippen LogP contribution in [-0.4, -0.2) is 61.0 Å². The van der Waals surface area contributed by atoms with Crippen molar-refractivity contribution >= 4 is 23.1 Å². The number of nitrogens with zero attached hydrogens (tertiary/aromatic N) is 3. The van der Waals surface area contributed by atoms with E-state index in [4.69, 9.17) is 0 Å². The molecule has 0 bridgehead atoms. The number of nitriles is 1. The maximum atomic E-state index is 13.6. The molecule has 2 unspecified atom stereocenters. The fourth-order valence-electron chi connectivity index (χ4n) is 3.97. The van der Waals surface area contributed by atoms with Crippen LogP contribution in [0, 0.1) is 28.5 Å². The average molecular weight is 504 g/mol. The largest absolute Gasteiger partial charge is 0.380 e. The molecule has 2 aromatic rings. The molecule has 1 aromatic carbocycles. The molecule has 0 saturated heterocycles. The summed E-state index contributed by atoms with van der Waals surface area (Å²) in [7, 11) is 0. The summed E-state index contributed by atoms with van der Waals surface area (Å²) in [5.74, 6) is -3.62. The van der Waals surface area contributed by atoms with E-state index in [9.17, 15) is 33.1 Å². The number of fused-ring (bicyclic) bond motifs is 1. The van der Waals surface area contributed by atoms with Crippen molar-refractivity contribution in [3.63, 3.8) is 0 Å². The number of Topliss-reactive ketones (excluding diaryl/α,β-unsaturated/α-hetero) is 1. The minimum atomic E-state index is -1.72. The third-order valence-corrected chi connectivity index (χ3v) is 5.87. The topological polar surface area (TPSA) is 118 Å². The highest BCUT2D eigenvalue weighted by Crippen LogP contribution is 2.40. The number of hydrogen-bond donors (Lipinski definition) is 3. The molecule has 0 radical (unpaired) electrons. The van der Waals surface area contributed by atoms with Gasteiger partial charge in [0.05, 0.1) is 22.9 Å². The fraction of sp³-hybridized carbons (Fsp3) is 0.440. The summed E-state index contributed by atoms with van der Waals surface area (Å²) in [5.41, 5.74) is 0.477. The standard InChI is InChI=1S/C25H28F3N5O3/c1-25(2,13-29)14-32-23(35)18-22(34)20-21(33(10-8-27)24(18)36)19(30-9-7-26)16(12-31-20)11-15-3-5-17(28)6-4-15/h3-6,12,18,24,36H,7-11,14H2,1-2H3,(H,30,31)(H,32,35). The van der Waals surface area contributed by atoms with E-state index >= 15 is 0 Å². The van der Waals surface area contributed by atoms with E-state index in [0.29, 0.717) is 11.1 Å². The van der Waals surface area contributed by atoms with Gasteiger partial charge in [0, 0.05) is 37.8 Å². The molecule has 11 heteroatoms. The lowest BCUT2D eigenvalue weighted by atomic mass is 9.89. The Morgan fingerprint density at radius 3 is 2.56 bits per heavy atom. The minimum absolute atomic E-state index is 0.0673. The van der Waals surface area contributed by atoms with Crippen molar-refractivity contribution in [3.8, 4) is 6.07 Å². The molecular weight excluding hydrogens is 475 g/mol. The highest BCUT2D eigenvalue weighted by molar-refractivity contribution is 6.15. The predicted octanol–water partition coefficient (Wildman–Crippen LogP) is 2.77. The van der Waals surface area contributed by atoms with Gasteiger partial charge in [0.15, 0.2) is 5.78 Å². The van der Waals surface area contributed by atoms with Crippen LogP contribution in [-0.2, 0) is 11.2 Å². The summed E-state index contributed by atoms with van der Waals surface area (Å²) >= 11 is 0. The number of pyridine rings is 1. The van der Waals surface area contributed by atoms with Gasteiger partial charge < -0.3 is 20.6 Å². The lowest BCUT2D eigenvalue weighted by molar-refractivity contribution is -0.127. The molecule has 2 atom stereocenters. The molecule has 8 nitrogen and oxygen atoms in total. The molecule has 0 fully saturated rings. The molecule has 1 aliphatic rings. The van der Waals surface area contributed by atoms with Crippen molar-refractivity contribution in [3.05, 3.63) is 53.1 Å². The van der Waals surface area contributed by atoms with Crippen molar-refractivity contribution < 1.29 is 27.9 Å². The average Bonchev–Trinajstić information content (AvgIpc) is 2.86. The quantitative estimate of drug-likeness (QED) is 0.427. The Hall–Kier alpha value is -3.65. The lowest BCUT2D eigenvalue weighted by Crippen LogP contribution is -2.55. The molecule has 3 N–H and O–H groups in total. The van der Waals surface area contributed by atoms with Gasteiger partial charge in [0.1, 0.15) is 37.0 Å². The van der Waals surface area contributed by atoms with Crippen LogP contribution in [0.1, 0.15) is 35.5 Å². The first-order chi connectivity index (χ1) is 17.1. The van der Waals surface area contributed by atoms with E-state index in [0.717, 1.165) is 4.90 Å². The molecule has 2 heterocycles. The van der Waals surface area contributed by atoms with E-state index < -0.39 is 48.4 Å². The summed E-state index contributed by atoms with van der Waals surface area (Å²) < 4.78 is 40.0. The molecule has 0 spiro atoms. The Balaban J connectivity index is 2.05. The number of aromatic nitrogens is 1. The van der Waals surface area contributed by atoms with Gasteiger partial charge in [-0.15, -0.1) is 0 Å². The number of amides is 1. The van der Waals surface area contributed by atoms with E-state index in [-0.39, 0.29) is 43.1 Å². The van der Waals surface area contributed by atoms with E-state index in [1.54, 1.807) is 26.0 Å². The van der Waals surface area contributed by atoms with Gasteiger partial charge in [-0.1, -0.05) is 12.1 Å². The first-order valence-corrected chi connectivity index (χ1v) is 11.4. The van der Waals surface area contributed by atoms with E-state index in [1.165, 1.54) is 18.3 Å². The number of carbonyl (C=O) groups is 2. The van der Waals surface area contributed by atoms with Crippen LogP contribution in [0.2, 0.25) is 0 Å². The van der Waals surface area contributed by atoms with Crippen LogP contribution in [0.4, 0.5) is 24.5 Å². The minimum Gasteiger partial charge on any atom is -0.380 e. The third-order valence-electron chi connectivity index (χ3n) is 5.87. The monoisotopic (exact) mass is 503 g/mol. The van der Waals surface area contributed by atoms with E-state index in [1.807, 2.05) is 6.07 Å². The molecule has 0 saturated carbocycles. The number of halogens is 3. The number of anilines is 2. The first kappa shape index (κ1) is 26.9. The van der Waals surface area contributed by atoms with Crippen molar-refractivity contribution in [2.75, 3.05) is 43.2 Å². The summed E-state index contributed by atoms with van der Waals surface area (Å²) in [6.45, 7) is 0.989. The second-order valence-corrected chi connectivity index (χ2v) is 9.13. The number of hydrogen-bond acceptors (Lipinski definition) is 7. The van der Waals surface area contributed by atoms with Crippen molar-refractivity contribution in [2.24, 2.45) is 11.3 Å². The number of benzene rings is 1. The van der Waals surface area contributed by atoms with Gasteiger partial charge in [-0.05, 0) is 31.5 Å². The lowest BCUT2D eigenvalue weighted by Gasteiger charge is -2.40. The Morgan fingerprint density at radius 1 is 1.25 bits per heavy atom. The van der Waals surface area contributed by atoms with Crippen LogP contribution in [0.3, 0.4) is 0 Å². The highest BCUT2D eigenvalue weighted by atomic mass is 19.1. The van der Waals surface area contributed by atoms with Crippen LogP contribution in [0.15, 0.2) is 30.5 Å². The molecule has 3 rings (SSSR count). The smallest absolute Gasteiger partial charge is 0.235 e. The van der Waals surface area contributed by atoms with Crippen LogP contribution < -0.4 is 15.5 Å². The van der Waals surface area contributed by atoms with Gasteiger partial charge >= 0.3 is 0 Å². The third kappa shape index (κ3) is 5.76. The number of alkyl halides is 2. The Morgan fingerprint density at radius 2 is 1.94 bits per heavy atom. The molecule has 36 heavy (non-hydrogen) atoms. The highest BCUT2D eigenvalue weighted by Gasteiger charge is 2.46. The second-order valence-electron chi connectivity index (χ2n) is 9.13. The second kappa shape index (κ2) is 11.4. The Kier molecular flexibility index (Phi) is 8.53. The summed E-state index contributed by atoms with van der Waals surface area (Å²) in [6, 6.07) is 7.73. The number of aliphatic hydroxyl groups is 1. The summed E-state index contributed by atoms with van der Waals surface area (Å²) in [6.07, 6.45) is -0.102. The number of rotatable bonds is 10. The number of aliphatic hydroxyl groups excluding tert-OH is 1. The van der Waals surface area contributed by atoms with Crippen LogP contribution in [0.25, 0.3) is 0 Å². The van der Waals surface area contributed by atoms with Crippen molar-refractivity contribution in [1.29, 1.82) is 5.26 Å². The maximum Gasteiger partial charge on any atom is 0.235 e.